The number of benzene rings is 1. The third-order valence-electron chi connectivity index (χ3n) is 5.54. The van der Waals surface area contributed by atoms with E-state index in [-0.39, 0.29) is 25.2 Å². The lowest BCUT2D eigenvalue weighted by Crippen LogP contribution is -2.68. The average Bonchev–Trinajstić information content (AvgIpc) is 3.15. The molecule has 0 bridgehead atoms. The quantitative estimate of drug-likeness (QED) is 0.712. The van der Waals surface area contributed by atoms with E-state index in [1.54, 1.807) is 31.4 Å². The Morgan fingerprint density at radius 2 is 2.18 bits per heavy atom. The monoisotopic (exact) mass is 389 g/mol. The van der Waals surface area contributed by atoms with Crippen molar-refractivity contribution in [1.82, 2.24) is 15.5 Å². The van der Waals surface area contributed by atoms with E-state index >= 15 is 0 Å². The Hall–Kier alpha value is -2.29. The van der Waals surface area contributed by atoms with Crippen LogP contribution in [0.3, 0.4) is 0 Å². The topological polar surface area (TPSA) is 107 Å². The van der Waals surface area contributed by atoms with Gasteiger partial charge >= 0.3 is 0 Å². The summed E-state index contributed by atoms with van der Waals surface area (Å²) in [6.07, 6.45) is 0.486. The molecule has 2 N–H and O–H groups in total. The van der Waals surface area contributed by atoms with Gasteiger partial charge in [0.05, 0.1) is 11.7 Å². The van der Waals surface area contributed by atoms with Crippen LogP contribution < -0.4 is 5.32 Å². The number of carbonyl (C=O) groups excluding carboxylic acids is 1. The molecule has 1 fully saturated rings. The molecule has 1 saturated carbocycles. The second-order valence-electron chi connectivity index (χ2n) is 7.60. The molecule has 1 heterocycles. The molecule has 2 aromatic rings. The van der Waals surface area contributed by atoms with Gasteiger partial charge in [-0.25, -0.2) is 0 Å². The minimum Gasteiger partial charge on any atom is -0.418 e. The van der Waals surface area contributed by atoms with Crippen LogP contribution in [0.1, 0.15) is 43.4 Å². The summed E-state index contributed by atoms with van der Waals surface area (Å²) in [5.41, 5.74) is -0.339. The van der Waals surface area contributed by atoms with Gasteiger partial charge in [-0.15, -0.1) is 10.2 Å². The predicted molar refractivity (Wildman–Crippen MR) is 102 cm³/mol. The lowest BCUT2D eigenvalue weighted by molar-refractivity contribution is -0.237. The number of hydrogen-bond donors (Lipinski definition) is 2. The van der Waals surface area contributed by atoms with Crippen LogP contribution in [0.25, 0.3) is 11.5 Å². The van der Waals surface area contributed by atoms with E-state index in [0.29, 0.717) is 35.9 Å². The first-order chi connectivity index (χ1) is 13.3. The van der Waals surface area contributed by atoms with E-state index in [0.717, 1.165) is 0 Å². The first-order valence-corrected chi connectivity index (χ1v) is 9.34. The van der Waals surface area contributed by atoms with E-state index < -0.39 is 11.0 Å². The fourth-order valence-electron chi connectivity index (χ4n) is 3.44. The third kappa shape index (κ3) is 3.80. The lowest BCUT2D eigenvalue weighted by atomic mass is 9.56. The van der Waals surface area contributed by atoms with Crippen molar-refractivity contribution >= 4 is 5.91 Å². The highest BCUT2D eigenvalue weighted by molar-refractivity contribution is 5.95. The number of nitrogens with one attached hydrogen (secondary N) is 1. The molecule has 0 radical (unpaired) electrons. The van der Waals surface area contributed by atoms with Gasteiger partial charge in [0, 0.05) is 43.2 Å². The maximum Gasteiger partial charge on any atom is 0.251 e. The zero-order valence-corrected chi connectivity index (χ0v) is 16.7. The van der Waals surface area contributed by atoms with Crippen LogP contribution in [0.5, 0.6) is 0 Å². The molecule has 1 aliphatic carbocycles. The second-order valence-corrected chi connectivity index (χ2v) is 7.60. The van der Waals surface area contributed by atoms with Gasteiger partial charge < -0.3 is 24.3 Å². The highest BCUT2D eigenvalue weighted by Gasteiger charge is 2.59. The van der Waals surface area contributed by atoms with Crippen LogP contribution in [-0.2, 0) is 16.1 Å². The maximum atomic E-state index is 12.6. The SMILES string of the molecule is CCO[C@H]1C[C@](O)(CNC(=O)c2cccc(-c3nnc(COC)o3)c2)C1(C)C. The zero-order chi connectivity index (χ0) is 20.4. The number of hydrogen-bond acceptors (Lipinski definition) is 7. The van der Waals surface area contributed by atoms with Crippen molar-refractivity contribution in [2.45, 2.75) is 45.5 Å². The molecule has 3 rings (SSSR count). The fourth-order valence-corrected chi connectivity index (χ4v) is 3.44. The number of ether oxygens (including phenoxy) is 2. The van der Waals surface area contributed by atoms with Gasteiger partial charge in [-0.2, -0.15) is 0 Å². The summed E-state index contributed by atoms with van der Waals surface area (Å²) < 4.78 is 16.1. The van der Waals surface area contributed by atoms with Crippen LogP contribution in [0, 0.1) is 5.41 Å². The van der Waals surface area contributed by atoms with Crippen molar-refractivity contribution in [3.05, 3.63) is 35.7 Å². The summed E-state index contributed by atoms with van der Waals surface area (Å²) in [6, 6.07) is 6.91. The molecule has 8 heteroatoms. The Balaban J connectivity index is 1.65. The minimum atomic E-state index is -0.998. The molecule has 1 aromatic heterocycles. The minimum absolute atomic E-state index is 0.0125. The van der Waals surface area contributed by atoms with Crippen molar-refractivity contribution < 1.29 is 23.8 Å². The number of aliphatic hydroxyl groups is 1. The van der Waals surface area contributed by atoms with Crippen LogP contribution in [0.4, 0.5) is 0 Å². The smallest absolute Gasteiger partial charge is 0.251 e. The molecule has 1 amide bonds. The molecular weight excluding hydrogens is 362 g/mol. The molecule has 28 heavy (non-hydrogen) atoms. The lowest BCUT2D eigenvalue weighted by Gasteiger charge is -2.57. The van der Waals surface area contributed by atoms with Crippen molar-refractivity contribution in [2.24, 2.45) is 5.41 Å². The highest BCUT2D eigenvalue weighted by Crippen LogP contribution is 2.50. The van der Waals surface area contributed by atoms with Gasteiger partial charge in [0.1, 0.15) is 6.61 Å². The molecule has 0 unspecified atom stereocenters. The molecule has 0 saturated heterocycles. The Morgan fingerprint density at radius 3 is 2.86 bits per heavy atom. The Bertz CT molecular complexity index is 835. The normalized spacial score (nSPS) is 23.2. The first-order valence-electron chi connectivity index (χ1n) is 9.34. The number of nitrogens with zero attached hydrogens (tertiary/aromatic N) is 2. The standard InChI is InChI=1S/C20H27N3O5/c1-5-27-15-10-20(25,19(15,2)3)12-21-17(24)13-7-6-8-14(9-13)18-23-22-16(28-18)11-26-4/h6-9,15,25H,5,10-12H2,1-4H3,(H,21,24)/t15-,20-/m0/s1. The van der Waals surface area contributed by atoms with Gasteiger partial charge in [-0.1, -0.05) is 19.9 Å². The number of methoxy groups -OCH3 is 1. The average molecular weight is 389 g/mol. The summed E-state index contributed by atoms with van der Waals surface area (Å²) in [5, 5.41) is 21.6. The van der Waals surface area contributed by atoms with E-state index in [1.165, 1.54) is 0 Å². The Labute approximate surface area is 164 Å². The van der Waals surface area contributed by atoms with Gasteiger partial charge in [-0.3, -0.25) is 4.79 Å². The van der Waals surface area contributed by atoms with Crippen LogP contribution in [0.2, 0.25) is 0 Å². The molecule has 1 aliphatic rings. The molecule has 152 valence electrons. The Morgan fingerprint density at radius 1 is 1.39 bits per heavy atom. The second kappa shape index (κ2) is 7.98. The fraction of sp³-hybridized carbons (Fsp3) is 0.550. The number of amides is 1. The highest BCUT2D eigenvalue weighted by atomic mass is 16.5. The zero-order valence-electron chi connectivity index (χ0n) is 16.7. The molecule has 1 aromatic carbocycles. The van der Waals surface area contributed by atoms with Gasteiger partial charge in [-0.05, 0) is 25.1 Å². The summed E-state index contributed by atoms with van der Waals surface area (Å²) in [4.78, 5) is 12.6. The summed E-state index contributed by atoms with van der Waals surface area (Å²) >= 11 is 0. The summed E-state index contributed by atoms with van der Waals surface area (Å²) in [5.74, 6) is 0.410. The van der Waals surface area contributed by atoms with E-state index in [9.17, 15) is 9.90 Å². The van der Waals surface area contributed by atoms with Gasteiger partial charge in [0.25, 0.3) is 5.91 Å². The largest absolute Gasteiger partial charge is 0.418 e. The van der Waals surface area contributed by atoms with Crippen molar-refractivity contribution in [1.29, 1.82) is 0 Å². The van der Waals surface area contributed by atoms with Crippen LogP contribution in [-0.4, -0.2) is 53.2 Å². The molecule has 2 atom stereocenters. The Kier molecular flexibility index (Phi) is 5.83. The molecule has 0 spiro atoms. The first kappa shape index (κ1) is 20.4. The van der Waals surface area contributed by atoms with Crippen LogP contribution in [0.15, 0.2) is 28.7 Å². The summed E-state index contributed by atoms with van der Waals surface area (Å²) in [6.45, 7) is 6.83. The third-order valence-corrected chi connectivity index (χ3v) is 5.54. The van der Waals surface area contributed by atoms with Crippen LogP contribution >= 0.6 is 0 Å². The summed E-state index contributed by atoms with van der Waals surface area (Å²) in [7, 11) is 1.54. The predicted octanol–water partition coefficient (Wildman–Crippen LogP) is 2.18. The number of carbonyl (C=O) groups is 1. The van der Waals surface area contributed by atoms with Gasteiger partial charge in [0.2, 0.25) is 11.8 Å². The molecule has 0 aliphatic heterocycles. The van der Waals surface area contributed by atoms with E-state index in [2.05, 4.69) is 15.5 Å². The maximum absolute atomic E-state index is 12.6. The number of aromatic nitrogens is 2. The molecule has 8 nitrogen and oxygen atoms in total. The number of rotatable bonds is 8. The van der Waals surface area contributed by atoms with Crippen molar-refractivity contribution in [3.63, 3.8) is 0 Å². The van der Waals surface area contributed by atoms with Gasteiger partial charge in [0.15, 0.2) is 0 Å². The van der Waals surface area contributed by atoms with Crippen molar-refractivity contribution in [2.75, 3.05) is 20.3 Å². The van der Waals surface area contributed by atoms with E-state index in [1.807, 2.05) is 20.8 Å². The molecular formula is C20H27N3O5. The van der Waals surface area contributed by atoms with Crippen molar-refractivity contribution in [3.8, 4) is 11.5 Å². The van der Waals surface area contributed by atoms with E-state index in [4.69, 9.17) is 13.9 Å².